The van der Waals surface area contributed by atoms with E-state index in [0.717, 1.165) is 31.5 Å². The van der Waals surface area contributed by atoms with Crippen LogP contribution < -0.4 is 10.3 Å². The van der Waals surface area contributed by atoms with Crippen molar-refractivity contribution in [3.05, 3.63) is 64.2 Å². The average Bonchev–Trinajstić information content (AvgIpc) is 2.70. The summed E-state index contributed by atoms with van der Waals surface area (Å²) in [4.78, 5) is 14.8. The highest BCUT2D eigenvalue weighted by atomic mass is 32.2. The third-order valence-electron chi connectivity index (χ3n) is 5.84. The molecule has 2 aromatic carbocycles. The minimum absolute atomic E-state index is 0.0453. The Bertz CT molecular complexity index is 1280. The predicted molar refractivity (Wildman–Crippen MR) is 116 cm³/mol. The summed E-state index contributed by atoms with van der Waals surface area (Å²) in [5.41, 5.74) is 1.21. The molecule has 0 spiro atoms. The second-order valence-corrected chi connectivity index (χ2v) is 10.2. The molecule has 1 fully saturated rings. The molecule has 1 aliphatic rings. The zero-order valence-corrected chi connectivity index (χ0v) is 18.2. The summed E-state index contributed by atoms with van der Waals surface area (Å²) in [7, 11) is -2.34. The van der Waals surface area contributed by atoms with E-state index in [9.17, 15) is 17.6 Å². The van der Waals surface area contributed by atoms with Crippen LogP contribution in [0.25, 0.3) is 10.9 Å². The maximum atomic E-state index is 15.0. The predicted octanol–water partition coefficient (Wildman–Crippen LogP) is 4.06. The largest absolute Gasteiger partial charge is 0.369 e. The van der Waals surface area contributed by atoms with Gasteiger partial charge in [0.05, 0.1) is 21.5 Å². The van der Waals surface area contributed by atoms with Gasteiger partial charge in [0, 0.05) is 26.3 Å². The second kappa shape index (κ2) is 7.54. The van der Waals surface area contributed by atoms with Crippen molar-refractivity contribution < 1.29 is 12.8 Å². The molecule has 0 bridgehead atoms. The molecular formula is C23H25FN2O3S. The first-order valence-corrected chi connectivity index (χ1v) is 11.6. The highest BCUT2D eigenvalue weighted by molar-refractivity contribution is 7.91. The van der Waals surface area contributed by atoms with Gasteiger partial charge in [0.25, 0.3) is 0 Å². The Morgan fingerprint density at radius 3 is 2.50 bits per heavy atom. The molecule has 2 heterocycles. The maximum Gasteiger partial charge on any atom is 0.211 e. The number of pyridine rings is 1. The van der Waals surface area contributed by atoms with Gasteiger partial charge >= 0.3 is 0 Å². The molecule has 1 aromatic heterocycles. The summed E-state index contributed by atoms with van der Waals surface area (Å²) < 4.78 is 42.8. The number of anilines is 1. The SMILES string of the molecule is Cc1ccc(S(=O)(=O)c2cn(C)c3cc(N4CCC[C@@H](C)C4)c(F)cc3c2=O)cc1. The lowest BCUT2D eigenvalue weighted by molar-refractivity contribution is 0.442. The number of piperidine rings is 1. The number of aryl methyl sites for hydroxylation is 2. The molecule has 1 atom stereocenters. The van der Waals surface area contributed by atoms with Crippen LogP contribution in [0.3, 0.4) is 0 Å². The number of hydrogen-bond acceptors (Lipinski definition) is 4. The summed E-state index contributed by atoms with van der Waals surface area (Å²) in [5.74, 6) is -0.0294. The standard InChI is InChI=1S/C23H25FN2O3S/c1-15-6-8-17(9-7-15)30(28,29)22-14-25(3)20-12-21(19(24)11-18(20)23(22)27)26-10-4-5-16(2)13-26/h6-9,11-12,14,16H,4-5,10,13H2,1-3H3/t16-/m1/s1. The molecule has 158 valence electrons. The lowest BCUT2D eigenvalue weighted by atomic mass is 9.99. The summed E-state index contributed by atoms with van der Waals surface area (Å²) in [6.07, 6.45) is 3.44. The van der Waals surface area contributed by atoms with E-state index in [4.69, 9.17) is 0 Å². The molecule has 0 amide bonds. The molecule has 7 heteroatoms. The molecule has 0 radical (unpaired) electrons. The van der Waals surface area contributed by atoms with Crippen LogP contribution in [0, 0.1) is 18.7 Å². The summed E-state index contributed by atoms with van der Waals surface area (Å²) in [6.45, 7) is 5.52. The van der Waals surface area contributed by atoms with Crippen LogP contribution in [0.2, 0.25) is 0 Å². The lowest BCUT2D eigenvalue weighted by Crippen LogP contribution is -2.35. The van der Waals surface area contributed by atoms with E-state index in [1.807, 2.05) is 11.8 Å². The first kappa shape index (κ1) is 20.6. The van der Waals surface area contributed by atoms with Crippen LogP contribution in [0.1, 0.15) is 25.3 Å². The number of halogens is 1. The molecule has 0 saturated carbocycles. The number of hydrogen-bond donors (Lipinski definition) is 0. The average molecular weight is 429 g/mol. The molecule has 0 aliphatic carbocycles. The number of rotatable bonds is 3. The molecule has 1 aliphatic heterocycles. The third-order valence-corrected chi connectivity index (χ3v) is 7.61. The fourth-order valence-corrected chi connectivity index (χ4v) is 5.55. The first-order valence-electron chi connectivity index (χ1n) is 10.1. The lowest BCUT2D eigenvalue weighted by Gasteiger charge is -2.33. The minimum atomic E-state index is -4.02. The van der Waals surface area contributed by atoms with E-state index in [-0.39, 0.29) is 15.2 Å². The topological polar surface area (TPSA) is 59.4 Å². The Labute approximate surface area is 175 Å². The Morgan fingerprint density at radius 2 is 1.83 bits per heavy atom. The molecule has 3 aromatic rings. The van der Waals surface area contributed by atoms with Crippen molar-refractivity contribution in [3.8, 4) is 0 Å². The van der Waals surface area contributed by atoms with Crippen LogP contribution in [0.4, 0.5) is 10.1 Å². The summed E-state index contributed by atoms with van der Waals surface area (Å²) in [5, 5.41) is 0.0667. The van der Waals surface area contributed by atoms with Crippen LogP contribution >= 0.6 is 0 Å². The van der Waals surface area contributed by atoms with Gasteiger partial charge in [0.2, 0.25) is 15.3 Å². The van der Waals surface area contributed by atoms with E-state index in [2.05, 4.69) is 6.92 Å². The van der Waals surface area contributed by atoms with Gasteiger partial charge in [0.15, 0.2) is 0 Å². The van der Waals surface area contributed by atoms with Gasteiger partial charge in [-0.25, -0.2) is 12.8 Å². The molecular weight excluding hydrogens is 403 g/mol. The smallest absolute Gasteiger partial charge is 0.211 e. The van der Waals surface area contributed by atoms with Gasteiger partial charge in [-0.05, 0) is 49.9 Å². The first-order chi connectivity index (χ1) is 14.2. The normalized spacial score (nSPS) is 17.5. The van der Waals surface area contributed by atoms with Gasteiger partial charge in [-0.2, -0.15) is 0 Å². The Balaban J connectivity index is 1.87. The van der Waals surface area contributed by atoms with E-state index in [1.54, 1.807) is 29.8 Å². The molecule has 30 heavy (non-hydrogen) atoms. The number of nitrogens with zero attached hydrogens (tertiary/aromatic N) is 2. The van der Waals surface area contributed by atoms with Gasteiger partial charge in [-0.3, -0.25) is 4.79 Å². The second-order valence-electron chi connectivity index (χ2n) is 8.26. The third kappa shape index (κ3) is 3.51. The van der Waals surface area contributed by atoms with Crippen LogP contribution in [0.15, 0.2) is 57.2 Å². The maximum absolute atomic E-state index is 15.0. The minimum Gasteiger partial charge on any atom is -0.369 e. The van der Waals surface area contributed by atoms with Crippen molar-refractivity contribution in [2.75, 3.05) is 18.0 Å². The number of benzene rings is 2. The van der Waals surface area contributed by atoms with Crippen LogP contribution in [-0.2, 0) is 16.9 Å². The summed E-state index contributed by atoms with van der Waals surface area (Å²) >= 11 is 0. The van der Waals surface area contributed by atoms with Gasteiger partial charge in [-0.15, -0.1) is 0 Å². The number of fused-ring (bicyclic) bond motifs is 1. The number of sulfone groups is 1. The van der Waals surface area contributed by atoms with Crippen molar-refractivity contribution >= 4 is 26.4 Å². The van der Waals surface area contributed by atoms with E-state index in [0.29, 0.717) is 17.1 Å². The summed E-state index contributed by atoms with van der Waals surface area (Å²) in [6, 6.07) is 9.17. The van der Waals surface area contributed by atoms with Crippen molar-refractivity contribution in [1.82, 2.24) is 4.57 Å². The zero-order chi connectivity index (χ0) is 21.6. The molecule has 5 nitrogen and oxygen atoms in total. The van der Waals surface area contributed by atoms with Crippen molar-refractivity contribution in [2.45, 2.75) is 36.5 Å². The highest BCUT2D eigenvalue weighted by Crippen LogP contribution is 2.29. The molecule has 1 saturated heterocycles. The van der Waals surface area contributed by atoms with E-state index < -0.39 is 21.1 Å². The molecule has 0 unspecified atom stereocenters. The molecule has 4 rings (SSSR count). The van der Waals surface area contributed by atoms with E-state index >= 15 is 0 Å². The highest BCUT2D eigenvalue weighted by Gasteiger charge is 2.25. The fourth-order valence-electron chi connectivity index (χ4n) is 4.15. The zero-order valence-electron chi connectivity index (χ0n) is 17.4. The van der Waals surface area contributed by atoms with Gasteiger partial charge in [0.1, 0.15) is 10.7 Å². The Kier molecular flexibility index (Phi) is 5.18. The van der Waals surface area contributed by atoms with Crippen LogP contribution in [-0.4, -0.2) is 26.1 Å². The van der Waals surface area contributed by atoms with Crippen molar-refractivity contribution in [2.24, 2.45) is 13.0 Å². The molecule has 0 N–H and O–H groups in total. The van der Waals surface area contributed by atoms with Gasteiger partial charge < -0.3 is 9.47 Å². The quantitative estimate of drug-likeness (QED) is 0.631. The Hall–Kier alpha value is -2.67. The van der Waals surface area contributed by atoms with Gasteiger partial charge in [-0.1, -0.05) is 24.6 Å². The Morgan fingerprint density at radius 1 is 1.13 bits per heavy atom. The van der Waals surface area contributed by atoms with Crippen molar-refractivity contribution in [1.29, 1.82) is 0 Å². The number of aromatic nitrogens is 1. The van der Waals surface area contributed by atoms with Crippen LogP contribution in [0.5, 0.6) is 0 Å². The monoisotopic (exact) mass is 428 g/mol. The van der Waals surface area contributed by atoms with Crippen molar-refractivity contribution in [3.63, 3.8) is 0 Å². The fraction of sp³-hybridized carbons (Fsp3) is 0.348. The van der Waals surface area contributed by atoms with E-state index in [1.165, 1.54) is 24.4 Å².